The Hall–Kier alpha value is -3.75. The molecule has 0 fully saturated rings. The minimum atomic E-state index is -0.936. The van der Waals surface area contributed by atoms with Crippen LogP contribution in [-0.4, -0.2) is 44.3 Å². The average Bonchev–Trinajstić information content (AvgIpc) is 3.11. The number of tetrazole rings is 1. The highest BCUT2D eigenvalue weighted by atomic mass is 16.5. The van der Waals surface area contributed by atoms with Gasteiger partial charge in [-0.25, -0.2) is 4.68 Å². The van der Waals surface area contributed by atoms with Crippen LogP contribution in [0.5, 0.6) is 5.75 Å². The van der Waals surface area contributed by atoms with Gasteiger partial charge < -0.3 is 15.2 Å². The van der Waals surface area contributed by atoms with Gasteiger partial charge in [0.1, 0.15) is 17.6 Å². The van der Waals surface area contributed by atoms with E-state index < -0.39 is 12.0 Å². The van der Waals surface area contributed by atoms with Gasteiger partial charge in [-0.3, -0.25) is 9.59 Å². The number of aromatic nitrogens is 4. The van der Waals surface area contributed by atoms with Crippen LogP contribution in [0.1, 0.15) is 23.0 Å². The van der Waals surface area contributed by atoms with Gasteiger partial charge in [-0.15, -0.1) is 5.10 Å². The van der Waals surface area contributed by atoms with Crippen LogP contribution in [0, 0.1) is 6.92 Å². The number of carboxylic acid groups (broad SMARTS) is 1. The summed E-state index contributed by atoms with van der Waals surface area (Å²) in [7, 11) is 1.58. The number of carbonyl (C=O) groups excluding carboxylic acids is 1. The van der Waals surface area contributed by atoms with Crippen LogP contribution < -0.4 is 10.1 Å². The van der Waals surface area contributed by atoms with Crippen LogP contribution in [0.25, 0.3) is 0 Å². The van der Waals surface area contributed by atoms with E-state index in [1.54, 1.807) is 38.3 Å². The Balaban J connectivity index is 1.85. The van der Waals surface area contributed by atoms with Crippen LogP contribution in [0.3, 0.4) is 0 Å². The first kappa shape index (κ1) is 20.0. The Morgan fingerprint density at radius 1 is 1.17 bits per heavy atom. The molecule has 0 radical (unpaired) electrons. The number of aryl methyl sites for hydroxylation is 1. The number of carbonyl (C=O) groups is 2. The first-order valence-electron chi connectivity index (χ1n) is 8.95. The van der Waals surface area contributed by atoms with Gasteiger partial charge in [0.2, 0.25) is 5.91 Å². The van der Waals surface area contributed by atoms with Crippen molar-refractivity contribution < 1.29 is 19.4 Å². The number of amides is 1. The topological polar surface area (TPSA) is 119 Å². The number of nitrogens with zero attached hydrogens (tertiary/aromatic N) is 4. The molecule has 0 aliphatic heterocycles. The lowest BCUT2D eigenvalue weighted by molar-refractivity contribution is -0.136. The minimum Gasteiger partial charge on any atom is -0.497 e. The number of aliphatic carboxylic acids is 1. The second-order valence-corrected chi connectivity index (χ2v) is 6.50. The molecule has 2 aromatic carbocycles. The molecule has 3 aromatic rings. The third-order valence-corrected chi connectivity index (χ3v) is 4.37. The molecule has 9 heteroatoms. The molecule has 0 saturated heterocycles. The molecule has 1 amide bonds. The lowest BCUT2D eigenvalue weighted by atomic mass is 10.0. The summed E-state index contributed by atoms with van der Waals surface area (Å²) >= 11 is 0. The maximum atomic E-state index is 13.1. The molecule has 150 valence electrons. The highest BCUT2D eigenvalue weighted by Gasteiger charge is 2.24. The summed E-state index contributed by atoms with van der Waals surface area (Å²) in [6.07, 6.45) is 0.229. The highest BCUT2D eigenvalue weighted by molar-refractivity contribution is 5.94. The Bertz CT molecular complexity index is 1020. The summed E-state index contributed by atoms with van der Waals surface area (Å²) < 4.78 is 6.72. The number of methoxy groups -OCH3 is 1. The van der Waals surface area contributed by atoms with Gasteiger partial charge in [-0.05, 0) is 52.7 Å². The van der Waals surface area contributed by atoms with Crippen LogP contribution in [0.15, 0.2) is 48.5 Å². The third-order valence-electron chi connectivity index (χ3n) is 4.37. The second-order valence-electron chi connectivity index (χ2n) is 6.50. The molecule has 0 bridgehead atoms. The van der Waals surface area contributed by atoms with Crippen molar-refractivity contribution in [3.63, 3.8) is 0 Å². The average molecular weight is 395 g/mol. The van der Waals surface area contributed by atoms with E-state index in [4.69, 9.17) is 9.84 Å². The molecule has 0 spiro atoms. The zero-order valence-corrected chi connectivity index (χ0v) is 16.1. The van der Waals surface area contributed by atoms with Gasteiger partial charge in [0.25, 0.3) is 0 Å². The Kier molecular flexibility index (Phi) is 6.18. The number of hydrogen-bond donors (Lipinski definition) is 2. The van der Waals surface area contributed by atoms with Gasteiger partial charge in [-0.2, -0.15) is 0 Å². The maximum Gasteiger partial charge on any atom is 0.307 e. The molecule has 1 atom stereocenters. The van der Waals surface area contributed by atoms with E-state index in [9.17, 15) is 9.59 Å². The van der Waals surface area contributed by atoms with Crippen LogP contribution in [-0.2, 0) is 22.4 Å². The molecule has 1 unspecified atom stereocenters. The smallest absolute Gasteiger partial charge is 0.307 e. The third kappa shape index (κ3) is 5.16. The maximum absolute atomic E-state index is 13.1. The van der Waals surface area contributed by atoms with Crippen LogP contribution in [0.4, 0.5) is 5.69 Å². The first-order valence-corrected chi connectivity index (χ1v) is 8.95. The van der Waals surface area contributed by atoms with E-state index in [0.717, 1.165) is 5.56 Å². The number of carboxylic acids is 1. The fourth-order valence-electron chi connectivity index (χ4n) is 3.00. The van der Waals surface area contributed by atoms with Crippen molar-refractivity contribution in [1.82, 2.24) is 20.2 Å². The Labute approximate surface area is 167 Å². The monoisotopic (exact) mass is 395 g/mol. The standard InChI is InChI=1S/C20H21N5O4/c1-13-22-23-24-25(13)18(11-15-6-4-8-17(10-15)29-2)20(28)21-16-7-3-5-14(9-16)12-19(26)27/h3-10,18H,11-12H2,1-2H3,(H,21,28)(H,26,27). The van der Waals surface area contributed by atoms with E-state index in [2.05, 4.69) is 20.8 Å². The molecular formula is C20H21N5O4. The van der Waals surface area contributed by atoms with Crippen molar-refractivity contribution in [2.75, 3.05) is 12.4 Å². The molecule has 0 aliphatic rings. The van der Waals surface area contributed by atoms with Crippen molar-refractivity contribution in [2.24, 2.45) is 0 Å². The fraction of sp³-hybridized carbons (Fsp3) is 0.250. The molecule has 1 heterocycles. The van der Waals surface area contributed by atoms with Crippen LogP contribution in [0.2, 0.25) is 0 Å². The summed E-state index contributed by atoms with van der Waals surface area (Å²) in [6.45, 7) is 1.72. The molecule has 3 rings (SSSR count). The van der Waals surface area contributed by atoms with E-state index in [1.165, 1.54) is 4.68 Å². The predicted octanol–water partition coefficient (Wildman–Crippen LogP) is 2.04. The summed E-state index contributed by atoms with van der Waals surface area (Å²) in [5.74, 6) is -0.0477. The quantitative estimate of drug-likeness (QED) is 0.599. The second kappa shape index (κ2) is 8.96. The molecule has 9 nitrogen and oxygen atoms in total. The number of hydrogen-bond acceptors (Lipinski definition) is 6. The normalized spacial score (nSPS) is 11.7. The molecule has 0 saturated carbocycles. The molecular weight excluding hydrogens is 374 g/mol. The van der Waals surface area contributed by atoms with Crippen molar-refractivity contribution >= 4 is 17.6 Å². The number of anilines is 1. The van der Waals surface area contributed by atoms with Gasteiger partial charge in [0, 0.05) is 12.1 Å². The van der Waals surface area contributed by atoms with Gasteiger partial charge in [0.05, 0.1) is 13.5 Å². The summed E-state index contributed by atoms with van der Waals surface area (Å²) in [5.41, 5.74) is 1.99. The minimum absolute atomic E-state index is 0.122. The lowest BCUT2D eigenvalue weighted by Crippen LogP contribution is -2.29. The summed E-state index contributed by atoms with van der Waals surface area (Å²) in [6, 6.07) is 13.5. The number of nitrogens with one attached hydrogen (secondary N) is 1. The van der Waals surface area contributed by atoms with Crippen molar-refractivity contribution in [1.29, 1.82) is 0 Å². The lowest BCUT2D eigenvalue weighted by Gasteiger charge is -2.18. The van der Waals surface area contributed by atoms with E-state index >= 15 is 0 Å². The zero-order chi connectivity index (χ0) is 20.8. The van der Waals surface area contributed by atoms with E-state index in [1.807, 2.05) is 24.3 Å². The number of ether oxygens (including phenoxy) is 1. The Morgan fingerprint density at radius 3 is 2.62 bits per heavy atom. The largest absolute Gasteiger partial charge is 0.497 e. The number of rotatable bonds is 8. The molecule has 29 heavy (non-hydrogen) atoms. The van der Waals surface area contributed by atoms with Crippen molar-refractivity contribution in [2.45, 2.75) is 25.8 Å². The highest BCUT2D eigenvalue weighted by Crippen LogP contribution is 2.21. The summed E-state index contributed by atoms with van der Waals surface area (Å²) in [4.78, 5) is 24.0. The molecule has 1 aromatic heterocycles. The predicted molar refractivity (Wildman–Crippen MR) is 105 cm³/mol. The van der Waals surface area contributed by atoms with Gasteiger partial charge in [-0.1, -0.05) is 24.3 Å². The number of benzene rings is 2. The molecule has 2 N–H and O–H groups in total. The summed E-state index contributed by atoms with van der Waals surface area (Å²) in [5, 5.41) is 23.3. The van der Waals surface area contributed by atoms with Crippen molar-refractivity contribution in [3.8, 4) is 5.75 Å². The Morgan fingerprint density at radius 2 is 1.93 bits per heavy atom. The molecule has 0 aliphatic carbocycles. The first-order chi connectivity index (χ1) is 14.0. The van der Waals surface area contributed by atoms with E-state index in [-0.39, 0.29) is 12.3 Å². The van der Waals surface area contributed by atoms with Crippen molar-refractivity contribution in [3.05, 3.63) is 65.5 Å². The van der Waals surface area contributed by atoms with E-state index in [0.29, 0.717) is 29.2 Å². The van der Waals surface area contributed by atoms with Crippen LogP contribution >= 0.6 is 0 Å². The van der Waals surface area contributed by atoms with Gasteiger partial charge in [0.15, 0.2) is 0 Å². The fourth-order valence-corrected chi connectivity index (χ4v) is 3.00. The van der Waals surface area contributed by atoms with Gasteiger partial charge >= 0.3 is 5.97 Å². The zero-order valence-electron chi connectivity index (χ0n) is 16.1. The SMILES string of the molecule is COc1cccc(CC(C(=O)Nc2cccc(CC(=O)O)c2)n2nnnc2C)c1.